The number of hydrogen-bond donors (Lipinski definition) is 3. The Balaban J connectivity index is 1.18. The molecule has 0 radical (unpaired) electrons. The first-order valence-electron chi connectivity index (χ1n) is 15.1. The Labute approximate surface area is 269 Å². The van der Waals surface area contributed by atoms with Crippen LogP contribution >= 0.6 is 0 Å². The van der Waals surface area contributed by atoms with E-state index in [0.717, 1.165) is 33.4 Å². The van der Waals surface area contributed by atoms with E-state index in [9.17, 15) is 22.8 Å². The quantitative estimate of drug-likeness (QED) is 0.165. The molecule has 0 spiro atoms. The number of urea groups is 1. The molecule has 47 heavy (non-hydrogen) atoms. The third-order valence-corrected chi connectivity index (χ3v) is 8.07. The summed E-state index contributed by atoms with van der Waals surface area (Å²) in [5, 5.41) is 5.54. The number of likely N-dealkylation sites (tertiary alicyclic amines) is 1. The molecule has 0 saturated carbocycles. The zero-order valence-electron chi connectivity index (χ0n) is 25.3. The average Bonchev–Trinajstić information content (AvgIpc) is 3.56. The first kappa shape index (κ1) is 31.4. The lowest BCUT2D eigenvalue weighted by molar-refractivity contribution is -0.0494. The minimum absolute atomic E-state index is 0.0241. The molecule has 8 nitrogen and oxygen atoms in total. The number of aromatic nitrogens is 1. The van der Waals surface area contributed by atoms with Crippen LogP contribution in [0, 0.1) is 5.82 Å². The van der Waals surface area contributed by atoms with Gasteiger partial charge in [-0.3, -0.25) is 4.79 Å². The third kappa shape index (κ3) is 7.63. The maximum atomic E-state index is 13.8. The molecule has 1 saturated heterocycles. The van der Waals surface area contributed by atoms with Crippen LogP contribution in [0.5, 0.6) is 0 Å². The van der Waals surface area contributed by atoms with Gasteiger partial charge < -0.3 is 25.7 Å². The molecular weight excluding hydrogens is 607 g/mol. The smallest absolute Gasteiger partial charge is 0.315 e. The highest BCUT2D eigenvalue weighted by molar-refractivity contribution is 5.95. The Morgan fingerprint density at radius 3 is 2.19 bits per heavy atom. The molecule has 3 heterocycles. The van der Waals surface area contributed by atoms with Gasteiger partial charge in [0.05, 0.1) is 6.54 Å². The van der Waals surface area contributed by atoms with Gasteiger partial charge in [0.2, 0.25) is 0 Å². The number of nitrogens with one attached hydrogen (secondary N) is 2. The number of furan rings is 1. The minimum Gasteiger partial charge on any atom is -0.459 e. The molecule has 0 atom stereocenters. The van der Waals surface area contributed by atoms with E-state index in [1.165, 1.54) is 17.0 Å². The maximum absolute atomic E-state index is 13.8. The first-order valence-corrected chi connectivity index (χ1v) is 15.1. The van der Waals surface area contributed by atoms with Crippen LogP contribution in [0.1, 0.15) is 34.5 Å². The molecule has 5 aromatic rings. The number of carbonyl (C=O) groups is 2. The summed E-state index contributed by atoms with van der Waals surface area (Å²) in [7, 11) is 0. The molecule has 0 unspecified atom stereocenters. The van der Waals surface area contributed by atoms with Crippen LogP contribution in [0.2, 0.25) is 0 Å². The molecule has 11 heteroatoms. The molecule has 0 aliphatic carbocycles. The molecule has 2 aromatic heterocycles. The molecule has 1 fully saturated rings. The largest absolute Gasteiger partial charge is 0.459 e. The van der Waals surface area contributed by atoms with E-state index in [0.29, 0.717) is 22.9 Å². The number of alkyl halides is 2. The zero-order valence-corrected chi connectivity index (χ0v) is 25.3. The van der Waals surface area contributed by atoms with Gasteiger partial charge in [-0.25, -0.2) is 22.9 Å². The van der Waals surface area contributed by atoms with Crippen molar-refractivity contribution in [3.63, 3.8) is 0 Å². The lowest BCUT2D eigenvalue weighted by atomic mass is 9.93. The molecule has 240 valence electrons. The second-order valence-electron chi connectivity index (χ2n) is 11.4. The Bertz CT molecular complexity index is 1860. The molecule has 3 amide bonds. The molecule has 3 aromatic carbocycles. The molecule has 6 rings (SSSR count). The van der Waals surface area contributed by atoms with Crippen molar-refractivity contribution in [2.24, 2.45) is 0 Å². The number of hydrogen-bond acceptors (Lipinski definition) is 5. The molecule has 1 aliphatic heterocycles. The fourth-order valence-corrected chi connectivity index (χ4v) is 5.40. The van der Waals surface area contributed by atoms with Crippen LogP contribution in [0.4, 0.5) is 23.8 Å². The van der Waals surface area contributed by atoms with Crippen molar-refractivity contribution < 1.29 is 27.2 Å². The number of nitrogen functional groups attached to an aromatic ring is 1. The number of nitrogens with two attached hydrogens (primary N) is 1. The maximum Gasteiger partial charge on any atom is 0.315 e. The van der Waals surface area contributed by atoms with E-state index in [1.54, 1.807) is 48.7 Å². The zero-order chi connectivity index (χ0) is 33.0. The Morgan fingerprint density at radius 1 is 0.809 bits per heavy atom. The van der Waals surface area contributed by atoms with E-state index in [2.05, 4.69) is 15.6 Å². The van der Waals surface area contributed by atoms with E-state index < -0.39 is 5.92 Å². The van der Waals surface area contributed by atoms with E-state index in [-0.39, 0.29) is 56.8 Å². The third-order valence-electron chi connectivity index (χ3n) is 8.07. The number of nitrogens with zero attached hydrogens (tertiary/aromatic N) is 2. The second-order valence-corrected chi connectivity index (χ2v) is 11.4. The van der Waals surface area contributed by atoms with Crippen molar-refractivity contribution in [1.29, 1.82) is 0 Å². The van der Waals surface area contributed by atoms with Crippen LogP contribution in [0.3, 0.4) is 0 Å². The molecule has 0 bridgehead atoms. The SMILES string of the molecule is Nc1ccc(CNC(=O)NCc2ccc(-c3ccc(-c4ccc(C(=O)N5CCC(F)(F)CC5)cc4)cc3-c3ccc(F)cc3)o2)cn1. The van der Waals surface area contributed by atoms with Crippen LogP contribution < -0.4 is 16.4 Å². The summed E-state index contributed by atoms with van der Waals surface area (Å²) in [6.45, 7) is 0.488. The van der Waals surface area contributed by atoms with Gasteiger partial charge >= 0.3 is 6.03 Å². The van der Waals surface area contributed by atoms with E-state index in [4.69, 9.17) is 10.2 Å². The average molecular weight is 640 g/mol. The van der Waals surface area contributed by atoms with Gasteiger partial charge in [0.15, 0.2) is 0 Å². The lowest BCUT2D eigenvalue weighted by Crippen LogP contribution is -2.42. The standard InChI is InChI=1S/C36H32F3N5O3/c37-28-9-6-25(7-10-28)31-19-27(24-2-4-26(5-3-24)34(45)44-17-15-36(38,39)16-18-44)8-12-30(31)32-13-11-29(47-32)22-43-35(46)42-21-23-1-14-33(40)41-20-23/h1-14,19-20H,15-18,21-22H2,(H2,40,41)(H2,42,43,46). The molecule has 1 aliphatic rings. The number of halogens is 3. The summed E-state index contributed by atoms with van der Waals surface area (Å²) in [6, 6.07) is 25.6. The van der Waals surface area contributed by atoms with Crippen molar-refractivity contribution in [2.75, 3.05) is 18.8 Å². The first-order chi connectivity index (χ1) is 22.6. The lowest BCUT2D eigenvalue weighted by Gasteiger charge is -2.31. The summed E-state index contributed by atoms with van der Waals surface area (Å²) in [6.07, 6.45) is 0.932. The van der Waals surface area contributed by atoms with Crippen LogP contribution in [0.15, 0.2) is 102 Å². The highest BCUT2D eigenvalue weighted by Crippen LogP contribution is 2.37. The van der Waals surface area contributed by atoms with Gasteiger partial charge in [-0.05, 0) is 82.4 Å². The minimum atomic E-state index is -2.73. The van der Waals surface area contributed by atoms with Crippen molar-refractivity contribution in [1.82, 2.24) is 20.5 Å². The number of benzene rings is 3. The summed E-state index contributed by atoms with van der Waals surface area (Å²) < 4.78 is 47.1. The van der Waals surface area contributed by atoms with E-state index >= 15 is 0 Å². The summed E-state index contributed by atoms with van der Waals surface area (Å²) in [4.78, 5) is 30.7. The molecule has 4 N–H and O–H groups in total. The Kier molecular flexibility index (Phi) is 8.97. The Hall–Kier alpha value is -5.58. The van der Waals surface area contributed by atoms with Crippen molar-refractivity contribution >= 4 is 17.8 Å². The van der Waals surface area contributed by atoms with Gasteiger partial charge in [0.1, 0.15) is 23.2 Å². The topological polar surface area (TPSA) is 113 Å². The van der Waals surface area contributed by atoms with Gasteiger partial charge in [-0.15, -0.1) is 0 Å². The number of pyridine rings is 1. The van der Waals surface area contributed by atoms with Crippen molar-refractivity contribution in [3.8, 4) is 33.6 Å². The van der Waals surface area contributed by atoms with Crippen LogP contribution in [0.25, 0.3) is 33.6 Å². The summed E-state index contributed by atoms with van der Waals surface area (Å²) in [5.41, 5.74) is 10.9. The number of rotatable bonds is 8. The number of amides is 3. The van der Waals surface area contributed by atoms with Gasteiger partial charge in [-0.1, -0.05) is 36.4 Å². The predicted molar refractivity (Wildman–Crippen MR) is 173 cm³/mol. The number of piperidine rings is 1. The predicted octanol–water partition coefficient (Wildman–Crippen LogP) is 7.27. The van der Waals surface area contributed by atoms with E-state index in [1.807, 2.05) is 36.4 Å². The summed E-state index contributed by atoms with van der Waals surface area (Å²) in [5.74, 6) is -1.85. The normalized spacial score (nSPS) is 14.1. The highest BCUT2D eigenvalue weighted by Gasteiger charge is 2.35. The fraction of sp³-hybridized carbons (Fsp3) is 0.194. The monoisotopic (exact) mass is 639 g/mol. The number of anilines is 1. The van der Waals surface area contributed by atoms with Crippen LogP contribution in [-0.2, 0) is 13.1 Å². The van der Waals surface area contributed by atoms with Gasteiger partial charge in [-0.2, -0.15) is 0 Å². The van der Waals surface area contributed by atoms with Crippen molar-refractivity contribution in [3.05, 3.63) is 120 Å². The van der Waals surface area contributed by atoms with Gasteiger partial charge in [0, 0.05) is 49.8 Å². The fourth-order valence-electron chi connectivity index (χ4n) is 5.40. The van der Waals surface area contributed by atoms with Gasteiger partial charge in [0.25, 0.3) is 11.8 Å². The van der Waals surface area contributed by atoms with Crippen molar-refractivity contribution in [2.45, 2.75) is 31.9 Å². The second kappa shape index (κ2) is 13.4. The highest BCUT2D eigenvalue weighted by atomic mass is 19.3. The van der Waals surface area contributed by atoms with Crippen LogP contribution in [-0.4, -0.2) is 40.8 Å². The summed E-state index contributed by atoms with van der Waals surface area (Å²) >= 11 is 0. The molecular formula is C36H32F3N5O3. The number of carbonyl (C=O) groups excluding carboxylic acids is 2. The Morgan fingerprint density at radius 2 is 1.49 bits per heavy atom.